The number of aliphatic imine (C=N–C) groups is 1. The van der Waals surface area contributed by atoms with Crippen molar-refractivity contribution in [2.75, 3.05) is 39.1 Å². The smallest absolute Gasteiger partial charge is 0.390 e. The lowest BCUT2D eigenvalue weighted by Crippen LogP contribution is -2.37. The molecule has 0 fully saturated rings. The molecule has 0 bridgehead atoms. The molecule has 1 aliphatic heterocycles. The minimum absolute atomic E-state index is 0.237. The monoisotopic (exact) mass is 894 g/mol. The van der Waals surface area contributed by atoms with E-state index in [0.717, 1.165) is 63.9 Å². The summed E-state index contributed by atoms with van der Waals surface area (Å²) in [5, 5.41) is 5.61. The van der Waals surface area contributed by atoms with Crippen molar-refractivity contribution in [1.82, 2.24) is 29.7 Å². The number of thiophene rings is 2. The molecular formula is C40H41ClF6N8O3S2. The van der Waals surface area contributed by atoms with Crippen molar-refractivity contribution >= 4 is 84.2 Å². The summed E-state index contributed by atoms with van der Waals surface area (Å²) in [6.07, 6.45) is -2.29. The molecule has 4 aromatic heterocycles. The molecule has 0 saturated carbocycles. The summed E-state index contributed by atoms with van der Waals surface area (Å²) < 4.78 is 80.6. The third-order valence-corrected chi connectivity index (χ3v) is 13.5. The zero-order valence-corrected chi connectivity index (χ0v) is 35.2. The first-order valence-electron chi connectivity index (χ1n) is 19.4. The molecule has 2 amide bonds. The van der Waals surface area contributed by atoms with Gasteiger partial charge in [0.15, 0.2) is 0 Å². The van der Waals surface area contributed by atoms with Gasteiger partial charge in [-0.25, -0.2) is 19.9 Å². The van der Waals surface area contributed by atoms with E-state index < -0.39 is 25.2 Å². The second-order valence-electron chi connectivity index (χ2n) is 15.0. The average Bonchev–Trinajstić information content (AvgIpc) is 3.93. The van der Waals surface area contributed by atoms with Gasteiger partial charge in [0.1, 0.15) is 39.0 Å². The lowest BCUT2D eigenvalue weighted by atomic mass is 9.87. The molecule has 320 valence electrons. The molecule has 2 atom stereocenters. The van der Waals surface area contributed by atoms with E-state index in [2.05, 4.69) is 30.2 Å². The summed E-state index contributed by atoms with van der Waals surface area (Å²) >= 11 is 9.14. The number of nitrogens with zero attached hydrogens (tertiary/aromatic N) is 7. The van der Waals surface area contributed by atoms with E-state index in [1.54, 1.807) is 0 Å². The Morgan fingerprint density at radius 1 is 0.833 bits per heavy atom. The number of carbonyl (C=O) groups is 2. The van der Waals surface area contributed by atoms with Crippen molar-refractivity contribution in [3.05, 3.63) is 61.9 Å². The molecule has 0 unspecified atom stereocenters. The highest BCUT2D eigenvalue weighted by Gasteiger charge is 2.35. The minimum atomic E-state index is -4.28. The highest BCUT2D eigenvalue weighted by Crippen LogP contribution is 2.43. The van der Waals surface area contributed by atoms with Gasteiger partial charge in [-0.15, -0.1) is 22.7 Å². The number of rotatable bonds is 10. The Balaban J connectivity index is 0.000000197. The van der Waals surface area contributed by atoms with E-state index in [0.29, 0.717) is 62.6 Å². The van der Waals surface area contributed by atoms with Gasteiger partial charge in [-0.3, -0.25) is 14.6 Å². The Hall–Kier alpha value is -4.62. The van der Waals surface area contributed by atoms with E-state index >= 15 is 0 Å². The molecule has 5 heterocycles. The summed E-state index contributed by atoms with van der Waals surface area (Å²) in [4.78, 5) is 52.8. The quantitative estimate of drug-likeness (QED) is 0.109. The van der Waals surface area contributed by atoms with Crippen molar-refractivity contribution in [1.29, 1.82) is 0 Å². The van der Waals surface area contributed by atoms with Crippen molar-refractivity contribution < 1.29 is 40.7 Å². The van der Waals surface area contributed by atoms with Crippen LogP contribution < -0.4 is 10.1 Å². The maximum absolute atomic E-state index is 12.8. The van der Waals surface area contributed by atoms with Crippen molar-refractivity contribution in [2.24, 2.45) is 16.8 Å². The molecule has 0 radical (unpaired) electrons. The van der Waals surface area contributed by atoms with Gasteiger partial charge >= 0.3 is 12.4 Å². The second-order valence-corrected chi connectivity index (χ2v) is 17.5. The average molecular weight is 895 g/mol. The number of halogens is 7. The van der Waals surface area contributed by atoms with Crippen LogP contribution >= 0.6 is 34.3 Å². The predicted molar refractivity (Wildman–Crippen MR) is 220 cm³/mol. The maximum Gasteiger partial charge on any atom is 0.390 e. The van der Waals surface area contributed by atoms with E-state index in [1.807, 2.05) is 25.3 Å². The second kappa shape index (κ2) is 17.8. The largest absolute Gasteiger partial charge is 0.492 e. The van der Waals surface area contributed by atoms with Crippen LogP contribution in [0.4, 0.5) is 37.8 Å². The molecule has 11 nitrogen and oxygen atoms in total. The molecule has 1 N–H and O–H groups in total. The SMILES string of the molecule is CCOc1cc2c(cc1Nc1ncnc3sc4c(c13)CC[C@H](C(=O)N(C)CCC(F)(F)F)C4)C=NC2.CN(CCC(F)(F)F)C(=O)[C@H]1CCc2c(sc3ncnc(Cl)c23)C1. The number of aryl methyl sites for hydroxylation is 2. The summed E-state index contributed by atoms with van der Waals surface area (Å²) in [5.74, 6) is 0.280. The standard InChI is InChI=1S/C25H26F3N5O2S.C15H15ClF3N3OS/c1-3-35-19-9-16-12-29-11-15(16)8-18(19)32-22-21-17-5-4-14(10-20(17)36-23(21)31-13-30-22)24(34)33(2)7-6-25(26,27)28;1-22(5-4-15(17,18)19)14(23)8-2-3-9-10(6-8)24-13-11(9)12(16)20-7-21-13/h8-9,11,13-14H,3-7,10,12H2,1-2H3,(H,30,31,32);7-8H,2-6H2,1H3/t14-;8-/m00/s1. The first-order chi connectivity index (χ1) is 28.5. The van der Waals surface area contributed by atoms with Crippen LogP contribution in [-0.2, 0) is 41.8 Å². The molecule has 60 heavy (non-hydrogen) atoms. The lowest BCUT2D eigenvalue weighted by molar-refractivity contribution is -0.147. The molecule has 0 saturated heterocycles. The number of hydrogen-bond acceptors (Lipinski definition) is 11. The molecule has 1 aromatic carbocycles. The number of benzene rings is 1. The summed E-state index contributed by atoms with van der Waals surface area (Å²) in [5.41, 5.74) is 5.11. The predicted octanol–water partition coefficient (Wildman–Crippen LogP) is 9.14. The number of alkyl halides is 6. The Morgan fingerprint density at radius 3 is 1.95 bits per heavy atom. The van der Waals surface area contributed by atoms with Crippen molar-refractivity contribution in [3.8, 4) is 5.75 Å². The fourth-order valence-corrected chi connectivity index (χ4v) is 10.6. The maximum atomic E-state index is 12.8. The van der Waals surface area contributed by atoms with E-state index in [1.165, 1.54) is 59.2 Å². The van der Waals surface area contributed by atoms with Gasteiger partial charge in [-0.1, -0.05) is 11.6 Å². The van der Waals surface area contributed by atoms with Crippen LogP contribution in [0.3, 0.4) is 0 Å². The Morgan fingerprint density at radius 2 is 1.38 bits per heavy atom. The highest BCUT2D eigenvalue weighted by molar-refractivity contribution is 7.19. The molecule has 0 spiro atoms. The number of fused-ring (bicyclic) bond motifs is 7. The topological polar surface area (TPSA) is 126 Å². The number of amides is 2. The zero-order chi connectivity index (χ0) is 42.9. The highest BCUT2D eigenvalue weighted by atomic mass is 35.5. The van der Waals surface area contributed by atoms with Gasteiger partial charge in [-0.2, -0.15) is 26.3 Å². The number of hydrogen-bond donors (Lipinski definition) is 1. The summed E-state index contributed by atoms with van der Waals surface area (Å²) in [7, 11) is 2.87. The Kier molecular flexibility index (Phi) is 12.9. The third kappa shape index (κ3) is 9.78. The van der Waals surface area contributed by atoms with Gasteiger partial charge in [0.25, 0.3) is 0 Å². The van der Waals surface area contributed by atoms with Crippen molar-refractivity contribution in [2.45, 2.75) is 77.2 Å². The summed E-state index contributed by atoms with van der Waals surface area (Å²) in [6.45, 7) is 2.45. The lowest BCUT2D eigenvalue weighted by Gasteiger charge is -2.27. The van der Waals surface area contributed by atoms with Gasteiger partial charge in [0.05, 0.1) is 42.5 Å². The van der Waals surface area contributed by atoms with Gasteiger partial charge in [0, 0.05) is 55.0 Å². The normalized spacial score (nSPS) is 17.1. The van der Waals surface area contributed by atoms with Crippen LogP contribution in [0.15, 0.2) is 29.8 Å². The first kappa shape index (κ1) is 43.5. The number of carbonyl (C=O) groups excluding carboxylic acids is 2. The van der Waals surface area contributed by atoms with Gasteiger partial charge in [0.2, 0.25) is 11.8 Å². The van der Waals surface area contributed by atoms with E-state index in [-0.39, 0.29) is 36.7 Å². The van der Waals surface area contributed by atoms with Crippen LogP contribution in [0.25, 0.3) is 20.4 Å². The third-order valence-electron chi connectivity index (χ3n) is 10.8. The molecule has 20 heteroatoms. The Bertz CT molecular complexity index is 2440. The molecule has 5 aromatic rings. The van der Waals surface area contributed by atoms with Crippen LogP contribution in [0.5, 0.6) is 5.75 Å². The number of anilines is 2. The molecule has 8 rings (SSSR count). The Labute approximate surface area is 354 Å². The number of nitrogens with one attached hydrogen (secondary N) is 1. The van der Waals surface area contributed by atoms with Crippen LogP contribution in [0.2, 0.25) is 5.15 Å². The van der Waals surface area contributed by atoms with Crippen LogP contribution in [0, 0.1) is 11.8 Å². The molecule has 2 aliphatic carbocycles. The molecular weight excluding hydrogens is 854 g/mol. The fraction of sp³-hybridized carbons (Fsp3) is 0.475. The van der Waals surface area contributed by atoms with E-state index in [4.69, 9.17) is 16.3 Å². The van der Waals surface area contributed by atoms with Crippen LogP contribution in [-0.4, -0.2) is 93.9 Å². The number of aromatic nitrogens is 4. The summed E-state index contributed by atoms with van der Waals surface area (Å²) in [6, 6.07) is 4.01. The van der Waals surface area contributed by atoms with Gasteiger partial charge in [-0.05, 0) is 79.8 Å². The van der Waals surface area contributed by atoms with Crippen molar-refractivity contribution in [3.63, 3.8) is 0 Å². The van der Waals surface area contributed by atoms with Gasteiger partial charge < -0.3 is 19.9 Å². The van der Waals surface area contributed by atoms with E-state index in [9.17, 15) is 35.9 Å². The zero-order valence-electron chi connectivity index (χ0n) is 32.8. The first-order valence-corrected chi connectivity index (χ1v) is 21.4. The van der Waals surface area contributed by atoms with Crippen LogP contribution in [0.1, 0.15) is 64.6 Å². The number of ether oxygens (including phenoxy) is 1. The minimum Gasteiger partial charge on any atom is -0.492 e. The fourth-order valence-electron chi connectivity index (χ4n) is 7.77. The molecule has 3 aliphatic rings.